The second-order valence-electron chi connectivity index (χ2n) is 7.45. The normalized spacial score (nSPS) is 12.2. The zero-order chi connectivity index (χ0) is 26.2. The number of aliphatic carboxylic acids is 1. The molecule has 2 atom stereocenters. The Morgan fingerprint density at radius 1 is 0.778 bits per heavy atom. The van der Waals surface area contributed by atoms with Gasteiger partial charge in [-0.3, -0.25) is 4.79 Å². The van der Waals surface area contributed by atoms with E-state index in [1.165, 1.54) is 36.4 Å². The molecule has 10 heteroatoms. The van der Waals surface area contributed by atoms with Gasteiger partial charge in [0, 0.05) is 5.69 Å². The van der Waals surface area contributed by atoms with Gasteiger partial charge in [-0.2, -0.15) is 0 Å². The second kappa shape index (κ2) is 12.2. The third kappa shape index (κ3) is 6.41. The van der Waals surface area contributed by atoms with Gasteiger partial charge in [0.25, 0.3) is 5.91 Å². The van der Waals surface area contributed by atoms with Gasteiger partial charge in [-0.15, -0.1) is 0 Å². The van der Waals surface area contributed by atoms with E-state index in [1.54, 1.807) is 36.4 Å². The Kier molecular flexibility index (Phi) is 9.05. The molecule has 186 valence electrons. The number of hydrogen-bond donors (Lipinski definition) is 2. The Morgan fingerprint density at radius 2 is 1.25 bits per heavy atom. The highest BCUT2D eigenvalue weighted by molar-refractivity contribution is 6.34. The molecular formula is C26H21Cl2NO7. The largest absolute Gasteiger partial charge is 0.478 e. The summed E-state index contributed by atoms with van der Waals surface area (Å²) in [6, 6.07) is 18.5. The molecule has 0 aliphatic rings. The Bertz CT molecular complexity index is 1290. The molecule has 0 aliphatic carbocycles. The number of para-hydroxylation sites is 1. The van der Waals surface area contributed by atoms with Crippen molar-refractivity contribution in [1.29, 1.82) is 0 Å². The SMILES string of the molecule is CCc1ccccc1NC(=O)[C@H](OC(=O)c1ccccc1Cl)[C@H](OC(=O)c1ccccc1Cl)C(=O)O. The summed E-state index contributed by atoms with van der Waals surface area (Å²) in [5.74, 6) is -4.93. The van der Waals surface area contributed by atoms with Gasteiger partial charge >= 0.3 is 17.9 Å². The van der Waals surface area contributed by atoms with Gasteiger partial charge in [0.05, 0.1) is 21.2 Å². The summed E-state index contributed by atoms with van der Waals surface area (Å²) in [6.45, 7) is 1.87. The van der Waals surface area contributed by atoms with Gasteiger partial charge < -0.3 is 19.9 Å². The summed E-state index contributed by atoms with van der Waals surface area (Å²) >= 11 is 12.1. The molecule has 8 nitrogen and oxygen atoms in total. The molecule has 0 heterocycles. The number of anilines is 1. The summed E-state index contributed by atoms with van der Waals surface area (Å²) < 4.78 is 10.4. The van der Waals surface area contributed by atoms with Crippen molar-refractivity contribution in [3.8, 4) is 0 Å². The van der Waals surface area contributed by atoms with Crippen LogP contribution < -0.4 is 5.32 Å². The van der Waals surface area contributed by atoms with Crippen LogP contribution in [0, 0.1) is 0 Å². The number of amides is 1. The molecule has 2 N–H and O–H groups in total. The second-order valence-corrected chi connectivity index (χ2v) is 8.26. The first kappa shape index (κ1) is 26.7. The van der Waals surface area contributed by atoms with Crippen molar-refractivity contribution >= 4 is 52.7 Å². The number of rotatable bonds is 9. The average Bonchev–Trinajstić information content (AvgIpc) is 2.86. The van der Waals surface area contributed by atoms with Crippen molar-refractivity contribution in [2.45, 2.75) is 25.6 Å². The topological polar surface area (TPSA) is 119 Å². The monoisotopic (exact) mass is 529 g/mol. The van der Waals surface area contributed by atoms with Crippen molar-refractivity contribution in [3.05, 3.63) is 99.5 Å². The average molecular weight is 530 g/mol. The zero-order valence-corrected chi connectivity index (χ0v) is 20.5. The highest BCUT2D eigenvalue weighted by Gasteiger charge is 2.41. The van der Waals surface area contributed by atoms with Crippen molar-refractivity contribution in [3.63, 3.8) is 0 Å². The minimum absolute atomic E-state index is 0.0116. The molecule has 0 spiro atoms. The molecule has 0 saturated carbocycles. The number of carbonyl (C=O) groups is 4. The van der Waals surface area contributed by atoms with Crippen LogP contribution in [0.15, 0.2) is 72.8 Å². The Morgan fingerprint density at radius 3 is 1.75 bits per heavy atom. The van der Waals surface area contributed by atoms with Gasteiger partial charge in [-0.25, -0.2) is 14.4 Å². The van der Waals surface area contributed by atoms with E-state index in [0.29, 0.717) is 12.1 Å². The van der Waals surface area contributed by atoms with E-state index >= 15 is 0 Å². The van der Waals surface area contributed by atoms with Gasteiger partial charge in [0.15, 0.2) is 0 Å². The number of carbonyl (C=O) groups excluding carboxylic acids is 3. The minimum Gasteiger partial charge on any atom is -0.478 e. The number of nitrogens with one attached hydrogen (secondary N) is 1. The fraction of sp³-hybridized carbons (Fsp3) is 0.154. The Labute approximate surface area is 216 Å². The molecule has 3 aromatic rings. The fourth-order valence-corrected chi connectivity index (χ4v) is 3.69. The Hall–Kier alpha value is -3.88. The molecule has 0 aliphatic heterocycles. The first-order valence-corrected chi connectivity index (χ1v) is 11.5. The standard InChI is InChI=1S/C26H21Cl2NO7/c1-2-15-9-3-8-14-20(15)29-23(30)21(35-25(33)16-10-4-6-12-18(16)27)22(24(31)32)36-26(34)17-11-5-7-13-19(17)28/h3-14,21-22H,2H2,1H3,(H,29,30)(H,31,32)/t21-,22+/m1/s1. The summed E-state index contributed by atoms with van der Waals surface area (Å²) in [5.41, 5.74) is 0.901. The van der Waals surface area contributed by atoms with Crippen LogP contribution in [-0.4, -0.2) is 41.1 Å². The van der Waals surface area contributed by atoms with Gasteiger partial charge in [-0.05, 0) is 42.3 Å². The summed E-state index contributed by atoms with van der Waals surface area (Å²) in [5, 5.41) is 12.5. The predicted molar refractivity (Wildman–Crippen MR) is 133 cm³/mol. The van der Waals surface area contributed by atoms with Crippen molar-refractivity contribution in [2.24, 2.45) is 0 Å². The van der Waals surface area contributed by atoms with Crippen LogP contribution in [0.5, 0.6) is 0 Å². The third-order valence-electron chi connectivity index (χ3n) is 5.09. The van der Waals surface area contributed by atoms with E-state index in [9.17, 15) is 24.3 Å². The van der Waals surface area contributed by atoms with E-state index in [-0.39, 0.29) is 21.2 Å². The van der Waals surface area contributed by atoms with E-state index < -0.39 is 36.0 Å². The lowest BCUT2D eigenvalue weighted by molar-refractivity contribution is -0.157. The predicted octanol–water partition coefficient (Wildman–Crippen LogP) is 5.03. The summed E-state index contributed by atoms with van der Waals surface area (Å²) in [6.07, 6.45) is -3.71. The maximum Gasteiger partial charge on any atom is 0.349 e. The first-order valence-electron chi connectivity index (χ1n) is 10.8. The molecule has 3 rings (SSSR count). The molecule has 36 heavy (non-hydrogen) atoms. The number of halogens is 2. The highest BCUT2D eigenvalue weighted by atomic mass is 35.5. The van der Waals surface area contributed by atoms with Crippen molar-refractivity contribution in [1.82, 2.24) is 0 Å². The molecule has 0 fully saturated rings. The Balaban J connectivity index is 1.97. The maximum absolute atomic E-state index is 13.3. The molecule has 1 amide bonds. The fourth-order valence-electron chi connectivity index (χ4n) is 3.26. The van der Waals surface area contributed by atoms with Gasteiger partial charge in [0.2, 0.25) is 12.2 Å². The molecule has 0 saturated heterocycles. The van der Waals surface area contributed by atoms with Crippen LogP contribution in [0.3, 0.4) is 0 Å². The van der Waals surface area contributed by atoms with Crippen LogP contribution >= 0.6 is 23.2 Å². The van der Waals surface area contributed by atoms with Crippen molar-refractivity contribution < 1.29 is 33.8 Å². The van der Waals surface area contributed by atoms with Crippen LogP contribution in [0.4, 0.5) is 5.69 Å². The molecule has 0 radical (unpaired) electrons. The quantitative estimate of drug-likeness (QED) is 0.373. The first-order chi connectivity index (χ1) is 17.2. The van der Waals surface area contributed by atoms with E-state index in [2.05, 4.69) is 5.32 Å². The third-order valence-corrected chi connectivity index (χ3v) is 5.75. The smallest absolute Gasteiger partial charge is 0.349 e. The van der Waals surface area contributed by atoms with Crippen LogP contribution in [0.1, 0.15) is 33.2 Å². The molecular weight excluding hydrogens is 509 g/mol. The molecule has 0 bridgehead atoms. The van der Waals surface area contributed by atoms with E-state index in [0.717, 1.165) is 5.56 Å². The number of ether oxygens (including phenoxy) is 2. The van der Waals surface area contributed by atoms with Crippen LogP contribution in [0.25, 0.3) is 0 Å². The summed E-state index contributed by atoms with van der Waals surface area (Å²) in [7, 11) is 0. The lowest BCUT2D eigenvalue weighted by Gasteiger charge is -2.24. The van der Waals surface area contributed by atoms with Crippen LogP contribution in [0.2, 0.25) is 10.0 Å². The number of hydrogen-bond acceptors (Lipinski definition) is 6. The highest BCUT2D eigenvalue weighted by Crippen LogP contribution is 2.22. The number of esters is 2. The van der Waals surface area contributed by atoms with Crippen molar-refractivity contribution in [2.75, 3.05) is 5.32 Å². The van der Waals surface area contributed by atoms with Crippen LogP contribution in [-0.2, 0) is 25.5 Å². The van der Waals surface area contributed by atoms with Gasteiger partial charge in [-0.1, -0.05) is 72.6 Å². The molecule has 3 aromatic carbocycles. The lowest BCUT2D eigenvalue weighted by atomic mass is 10.1. The minimum atomic E-state index is -2.20. The number of aryl methyl sites for hydroxylation is 1. The van der Waals surface area contributed by atoms with Gasteiger partial charge in [0.1, 0.15) is 0 Å². The number of carboxylic acids is 1. The van der Waals surface area contributed by atoms with E-state index in [4.69, 9.17) is 32.7 Å². The number of benzene rings is 3. The summed E-state index contributed by atoms with van der Waals surface area (Å²) in [4.78, 5) is 51.0. The number of carboxylic acid groups (broad SMARTS) is 1. The maximum atomic E-state index is 13.3. The zero-order valence-electron chi connectivity index (χ0n) is 18.9. The molecule has 0 aromatic heterocycles. The molecule has 0 unspecified atom stereocenters. The van der Waals surface area contributed by atoms with E-state index in [1.807, 2.05) is 6.92 Å². The lowest BCUT2D eigenvalue weighted by Crippen LogP contribution is -2.48.